The van der Waals surface area contributed by atoms with E-state index in [1.165, 1.54) is 16.9 Å². The molecule has 3 rings (SSSR count). The van der Waals surface area contributed by atoms with Gasteiger partial charge in [0, 0.05) is 11.9 Å². The van der Waals surface area contributed by atoms with Gasteiger partial charge in [-0.3, -0.25) is 14.2 Å². The Morgan fingerprint density at radius 2 is 2.00 bits per heavy atom. The third-order valence-electron chi connectivity index (χ3n) is 4.00. The number of hydrogen-bond acceptors (Lipinski definition) is 4. The largest absolute Gasteiger partial charge is 0.476 e. The number of anilines is 1. The Morgan fingerprint density at radius 3 is 2.63 bits per heavy atom. The third-order valence-corrected chi connectivity index (χ3v) is 5.15. The molecule has 9 heteroatoms. The minimum atomic E-state index is -1.13. The third kappa shape index (κ3) is 4.43. The van der Waals surface area contributed by atoms with Crippen LogP contribution in [0.4, 0.5) is 5.69 Å². The van der Waals surface area contributed by atoms with Crippen molar-refractivity contribution in [2.45, 2.75) is 26.9 Å². The second-order valence-electron chi connectivity index (χ2n) is 6.09. The van der Waals surface area contributed by atoms with Crippen molar-refractivity contribution in [3.8, 4) is 0 Å². The molecule has 3 aromatic rings. The van der Waals surface area contributed by atoms with Gasteiger partial charge in [-0.1, -0.05) is 12.1 Å². The van der Waals surface area contributed by atoms with Crippen LogP contribution in [0.2, 0.25) is 0 Å². The minimum Gasteiger partial charge on any atom is -0.476 e. The van der Waals surface area contributed by atoms with Crippen molar-refractivity contribution in [2.24, 2.45) is 0 Å². The van der Waals surface area contributed by atoms with Crippen LogP contribution in [0.3, 0.4) is 0 Å². The standard InChI is InChI=1S/C18H18BrN5O3/c1-11-17(19)12(2)24(21-11)9-13-4-3-5-14(8-13)20-16(25)10-23-7-6-15(22-23)18(26)27/h3-8H,9-10H2,1-2H3,(H,20,25)(H,26,27). The van der Waals surface area contributed by atoms with Crippen molar-refractivity contribution in [2.75, 3.05) is 5.32 Å². The molecule has 0 radical (unpaired) electrons. The number of halogens is 1. The van der Waals surface area contributed by atoms with E-state index >= 15 is 0 Å². The zero-order valence-electron chi connectivity index (χ0n) is 14.8. The minimum absolute atomic E-state index is 0.0675. The summed E-state index contributed by atoms with van der Waals surface area (Å²) in [5.41, 5.74) is 3.52. The Bertz CT molecular complexity index is 1010. The first-order valence-corrected chi connectivity index (χ1v) is 8.98. The number of aryl methyl sites for hydroxylation is 1. The summed E-state index contributed by atoms with van der Waals surface area (Å²) in [6.45, 7) is 4.45. The number of nitrogens with zero attached hydrogens (tertiary/aromatic N) is 4. The van der Waals surface area contributed by atoms with Crippen LogP contribution < -0.4 is 5.32 Å². The molecule has 0 bridgehead atoms. The smallest absolute Gasteiger partial charge is 0.356 e. The number of rotatable bonds is 6. The maximum Gasteiger partial charge on any atom is 0.356 e. The zero-order valence-corrected chi connectivity index (χ0v) is 16.4. The molecule has 1 amide bonds. The highest BCUT2D eigenvalue weighted by Crippen LogP contribution is 2.21. The molecule has 1 aromatic carbocycles. The summed E-state index contributed by atoms with van der Waals surface area (Å²) in [7, 11) is 0. The Hall–Kier alpha value is -2.94. The van der Waals surface area contributed by atoms with E-state index in [1.807, 2.05) is 36.7 Å². The van der Waals surface area contributed by atoms with Crippen LogP contribution in [0.25, 0.3) is 0 Å². The highest BCUT2D eigenvalue weighted by atomic mass is 79.9. The summed E-state index contributed by atoms with van der Waals surface area (Å²) in [6.07, 6.45) is 1.46. The summed E-state index contributed by atoms with van der Waals surface area (Å²) in [5.74, 6) is -1.42. The van der Waals surface area contributed by atoms with E-state index < -0.39 is 5.97 Å². The summed E-state index contributed by atoms with van der Waals surface area (Å²) < 4.78 is 4.18. The summed E-state index contributed by atoms with van der Waals surface area (Å²) in [5, 5.41) is 20.0. The lowest BCUT2D eigenvalue weighted by Crippen LogP contribution is -2.19. The summed E-state index contributed by atoms with van der Waals surface area (Å²) in [6, 6.07) is 8.86. The van der Waals surface area contributed by atoms with E-state index in [9.17, 15) is 9.59 Å². The van der Waals surface area contributed by atoms with Gasteiger partial charge < -0.3 is 10.4 Å². The topological polar surface area (TPSA) is 102 Å². The average Bonchev–Trinajstić information content (AvgIpc) is 3.16. The molecule has 2 aromatic heterocycles. The quantitative estimate of drug-likeness (QED) is 0.624. The molecule has 0 aliphatic carbocycles. The molecule has 27 heavy (non-hydrogen) atoms. The van der Waals surface area contributed by atoms with Crippen LogP contribution in [0.1, 0.15) is 27.4 Å². The first-order chi connectivity index (χ1) is 12.8. The normalized spacial score (nSPS) is 10.8. The van der Waals surface area contributed by atoms with Crippen molar-refractivity contribution in [3.05, 3.63) is 63.6 Å². The fraction of sp³-hybridized carbons (Fsp3) is 0.222. The van der Waals surface area contributed by atoms with E-state index in [0.29, 0.717) is 12.2 Å². The van der Waals surface area contributed by atoms with Crippen LogP contribution in [0.5, 0.6) is 0 Å². The number of nitrogens with one attached hydrogen (secondary N) is 1. The first-order valence-electron chi connectivity index (χ1n) is 8.18. The van der Waals surface area contributed by atoms with Gasteiger partial charge in [-0.25, -0.2) is 4.79 Å². The van der Waals surface area contributed by atoms with Crippen molar-refractivity contribution in [1.29, 1.82) is 0 Å². The maximum atomic E-state index is 12.2. The number of aromatic carboxylic acids is 1. The number of hydrogen-bond donors (Lipinski definition) is 2. The number of benzene rings is 1. The average molecular weight is 432 g/mol. The molecule has 0 spiro atoms. The molecule has 0 fully saturated rings. The van der Waals surface area contributed by atoms with Crippen molar-refractivity contribution in [1.82, 2.24) is 19.6 Å². The van der Waals surface area contributed by atoms with Gasteiger partial charge in [0.2, 0.25) is 5.91 Å². The lowest BCUT2D eigenvalue weighted by atomic mass is 10.2. The molecule has 0 aliphatic heterocycles. The van der Waals surface area contributed by atoms with Crippen molar-refractivity contribution < 1.29 is 14.7 Å². The molecule has 2 heterocycles. The Balaban J connectivity index is 1.66. The van der Waals surface area contributed by atoms with Gasteiger partial charge >= 0.3 is 5.97 Å². The fourth-order valence-electron chi connectivity index (χ4n) is 2.66. The van der Waals surface area contributed by atoms with Gasteiger partial charge in [0.05, 0.1) is 22.4 Å². The molecular formula is C18H18BrN5O3. The maximum absolute atomic E-state index is 12.2. The molecule has 2 N–H and O–H groups in total. The fourth-order valence-corrected chi connectivity index (χ4v) is 2.94. The number of aromatic nitrogens is 4. The second-order valence-corrected chi connectivity index (χ2v) is 6.89. The van der Waals surface area contributed by atoms with Gasteiger partial charge in [-0.15, -0.1) is 0 Å². The Labute approximate surface area is 163 Å². The predicted octanol–water partition coefficient (Wildman–Crippen LogP) is 2.84. The summed E-state index contributed by atoms with van der Waals surface area (Å²) in [4.78, 5) is 23.0. The van der Waals surface area contributed by atoms with Gasteiger partial charge in [0.25, 0.3) is 0 Å². The summed E-state index contributed by atoms with van der Waals surface area (Å²) >= 11 is 3.52. The lowest BCUT2D eigenvalue weighted by molar-refractivity contribution is -0.116. The van der Waals surface area contributed by atoms with Gasteiger partial charge in [-0.05, 0) is 53.5 Å². The molecule has 0 saturated heterocycles. The van der Waals surface area contributed by atoms with E-state index in [1.54, 1.807) is 6.07 Å². The van der Waals surface area contributed by atoms with Crippen LogP contribution in [-0.2, 0) is 17.9 Å². The molecular weight excluding hydrogens is 414 g/mol. The van der Waals surface area contributed by atoms with Gasteiger partial charge in [0.15, 0.2) is 5.69 Å². The number of carbonyl (C=O) groups excluding carboxylic acids is 1. The van der Waals surface area contributed by atoms with Crippen molar-refractivity contribution >= 4 is 33.5 Å². The number of carboxylic acids is 1. The second kappa shape index (κ2) is 7.75. The van der Waals surface area contributed by atoms with E-state index in [4.69, 9.17) is 5.11 Å². The van der Waals surface area contributed by atoms with Crippen LogP contribution in [0, 0.1) is 13.8 Å². The SMILES string of the molecule is Cc1nn(Cc2cccc(NC(=O)Cn3ccc(C(=O)O)n3)c2)c(C)c1Br. The number of amides is 1. The van der Waals surface area contributed by atoms with E-state index in [0.717, 1.165) is 21.4 Å². The highest BCUT2D eigenvalue weighted by Gasteiger charge is 2.11. The predicted molar refractivity (Wildman–Crippen MR) is 103 cm³/mol. The molecule has 0 unspecified atom stereocenters. The first kappa shape index (κ1) is 18.8. The van der Waals surface area contributed by atoms with E-state index in [2.05, 4.69) is 31.4 Å². The highest BCUT2D eigenvalue weighted by molar-refractivity contribution is 9.10. The van der Waals surface area contributed by atoms with Crippen molar-refractivity contribution in [3.63, 3.8) is 0 Å². The van der Waals surface area contributed by atoms with Crippen LogP contribution >= 0.6 is 15.9 Å². The van der Waals surface area contributed by atoms with Crippen LogP contribution in [0.15, 0.2) is 41.0 Å². The van der Waals surface area contributed by atoms with Gasteiger partial charge in [-0.2, -0.15) is 10.2 Å². The molecule has 0 aliphatic rings. The number of carbonyl (C=O) groups is 2. The van der Waals surface area contributed by atoms with Crippen LogP contribution in [-0.4, -0.2) is 36.5 Å². The Morgan fingerprint density at radius 1 is 1.22 bits per heavy atom. The monoisotopic (exact) mass is 431 g/mol. The lowest BCUT2D eigenvalue weighted by Gasteiger charge is -2.09. The molecule has 8 nitrogen and oxygen atoms in total. The molecule has 0 atom stereocenters. The Kier molecular flexibility index (Phi) is 5.41. The van der Waals surface area contributed by atoms with Gasteiger partial charge in [0.1, 0.15) is 6.54 Å². The number of carboxylic acid groups (broad SMARTS) is 1. The molecule has 0 saturated carbocycles. The molecule has 140 valence electrons. The van der Waals surface area contributed by atoms with E-state index in [-0.39, 0.29) is 18.1 Å². The zero-order chi connectivity index (χ0) is 19.6.